The van der Waals surface area contributed by atoms with Crippen LogP contribution < -0.4 is 4.74 Å². The Balaban J connectivity index is 2.02. The second-order valence-corrected chi connectivity index (χ2v) is 4.69. The second-order valence-electron chi connectivity index (χ2n) is 4.69. The SMILES string of the molecule is COc1cccc(CC(O)Cc2cc(F)cc(F)c2)c1. The summed E-state index contributed by atoms with van der Waals surface area (Å²) in [6.07, 6.45) is -0.107. The number of hydrogen-bond acceptors (Lipinski definition) is 2. The third-order valence-electron chi connectivity index (χ3n) is 3.00. The van der Waals surface area contributed by atoms with Gasteiger partial charge in [-0.05, 0) is 48.2 Å². The van der Waals surface area contributed by atoms with Crippen LogP contribution in [-0.2, 0) is 12.8 Å². The van der Waals surface area contributed by atoms with Crippen molar-refractivity contribution in [1.82, 2.24) is 0 Å². The number of ether oxygens (including phenoxy) is 1. The van der Waals surface area contributed by atoms with Crippen LogP contribution in [0.4, 0.5) is 8.78 Å². The van der Waals surface area contributed by atoms with E-state index in [1.807, 2.05) is 24.3 Å². The molecule has 4 heteroatoms. The van der Waals surface area contributed by atoms with Gasteiger partial charge in [0, 0.05) is 6.07 Å². The van der Waals surface area contributed by atoms with Gasteiger partial charge in [0.05, 0.1) is 13.2 Å². The summed E-state index contributed by atoms with van der Waals surface area (Å²) >= 11 is 0. The van der Waals surface area contributed by atoms with Crippen LogP contribution in [0, 0.1) is 11.6 Å². The van der Waals surface area contributed by atoms with E-state index in [-0.39, 0.29) is 6.42 Å². The second kappa shape index (κ2) is 6.48. The van der Waals surface area contributed by atoms with Gasteiger partial charge in [-0.15, -0.1) is 0 Å². The molecule has 0 fully saturated rings. The third kappa shape index (κ3) is 4.03. The fourth-order valence-corrected chi connectivity index (χ4v) is 2.14. The zero-order valence-electron chi connectivity index (χ0n) is 11.1. The number of benzene rings is 2. The van der Waals surface area contributed by atoms with Crippen LogP contribution in [-0.4, -0.2) is 18.3 Å². The Morgan fingerprint density at radius 3 is 2.30 bits per heavy atom. The molecular formula is C16H16F2O2. The van der Waals surface area contributed by atoms with Crippen molar-refractivity contribution in [3.63, 3.8) is 0 Å². The quantitative estimate of drug-likeness (QED) is 0.910. The summed E-state index contributed by atoms with van der Waals surface area (Å²) in [6.45, 7) is 0. The maximum Gasteiger partial charge on any atom is 0.126 e. The number of halogens is 2. The maximum absolute atomic E-state index is 13.1. The van der Waals surface area contributed by atoms with Crippen molar-refractivity contribution >= 4 is 0 Å². The van der Waals surface area contributed by atoms with E-state index in [4.69, 9.17) is 4.74 Å². The van der Waals surface area contributed by atoms with Crippen molar-refractivity contribution in [1.29, 1.82) is 0 Å². The van der Waals surface area contributed by atoms with Crippen molar-refractivity contribution in [3.05, 3.63) is 65.2 Å². The minimum absolute atomic E-state index is 0.200. The van der Waals surface area contributed by atoms with Crippen LogP contribution in [0.2, 0.25) is 0 Å². The molecule has 1 unspecified atom stereocenters. The molecular weight excluding hydrogens is 262 g/mol. The van der Waals surface area contributed by atoms with E-state index in [0.717, 1.165) is 11.6 Å². The van der Waals surface area contributed by atoms with Gasteiger partial charge in [-0.25, -0.2) is 8.78 Å². The van der Waals surface area contributed by atoms with Gasteiger partial charge in [0.25, 0.3) is 0 Å². The Morgan fingerprint density at radius 2 is 1.65 bits per heavy atom. The van der Waals surface area contributed by atoms with Crippen LogP contribution in [0.1, 0.15) is 11.1 Å². The van der Waals surface area contributed by atoms with Gasteiger partial charge in [0.15, 0.2) is 0 Å². The molecule has 2 aromatic rings. The summed E-state index contributed by atoms with van der Waals surface area (Å²) in [5.41, 5.74) is 1.35. The van der Waals surface area contributed by atoms with Crippen LogP contribution in [0.3, 0.4) is 0 Å². The molecule has 0 aliphatic carbocycles. The summed E-state index contributed by atoms with van der Waals surface area (Å²) in [5.74, 6) is -0.548. The first-order chi connectivity index (χ1) is 9.56. The molecule has 2 nitrogen and oxygen atoms in total. The summed E-state index contributed by atoms with van der Waals surface area (Å²) in [5, 5.41) is 10.0. The Bertz CT molecular complexity index is 564. The van der Waals surface area contributed by atoms with Crippen LogP contribution in [0.15, 0.2) is 42.5 Å². The molecule has 0 spiro atoms. The molecule has 0 saturated heterocycles. The highest BCUT2D eigenvalue weighted by Crippen LogP contribution is 2.16. The Morgan fingerprint density at radius 1 is 1.00 bits per heavy atom. The highest BCUT2D eigenvalue weighted by Gasteiger charge is 2.09. The molecule has 0 bridgehead atoms. The van der Waals surface area contributed by atoms with Crippen molar-refractivity contribution in [2.75, 3.05) is 7.11 Å². The van der Waals surface area contributed by atoms with E-state index in [9.17, 15) is 13.9 Å². The molecule has 0 amide bonds. The standard InChI is InChI=1S/C16H16F2O2/c1-20-16-4-2-3-11(9-16)7-15(19)8-12-5-13(17)10-14(18)6-12/h2-6,9-10,15,19H,7-8H2,1H3. The van der Waals surface area contributed by atoms with E-state index >= 15 is 0 Å². The summed E-state index contributed by atoms with van der Waals surface area (Å²) in [4.78, 5) is 0. The lowest BCUT2D eigenvalue weighted by atomic mass is 10.0. The summed E-state index contributed by atoms with van der Waals surface area (Å²) in [6, 6.07) is 10.6. The molecule has 1 atom stereocenters. The molecule has 0 saturated carbocycles. The van der Waals surface area contributed by atoms with Crippen LogP contribution in [0.5, 0.6) is 5.75 Å². The fraction of sp³-hybridized carbons (Fsp3) is 0.250. The predicted octanol–water partition coefficient (Wildman–Crippen LogP) is 3.12. The Labute approximate surface area is 116 Å². The Kier molecular flexibility index (Phi) is 4.69. The average Bonchev–Trinajstić information content (AvgIpc) is 2.37. The largest absolute Gasteiger partial charge is 0.497 e. The van der Waals surface area contributed by atoms with E-state index in [1.54, 1.807) is 7.11 Å². The van der Waals surface area contributed by atoms with Crippen molar-refractivity contribution in [2.45, 2.75) is 18.9 Å². The predicted molar refractivity (Wildman–Crippen MR) is 72.8 cm³/mol. The molecule has 2 rings (SSSR count). The zero-order valence-corrected chi connectivity index (χ0v) is 11.1. The number of aliphatic hydroxyl groups is 1. The van der Waals surface area contributed by atoms with Crippen molar-refractivity contribution in [3.8, 4) is 5.75 Å². The lowest BCUT2D eigenvalue weighted by Gasteiger charge is -2.12. The Hall–Kier alpha value is -1.94. The molecule has 0 radical (unpaired) electrons. The minimum atomic E-state index is -0.705. The molecule has 20 heavy (non-hydrogen) atoms. The van der Waals surface area contributed by atoms with Crippen molar-refractivity contribution in [2.24, 2.45) is 0 Å². The fourth-order valence-electron chi connectivity index (χ4n) is 2.14. The highest BCUT2D eigenvalue weighted by atomic mass is 19.1. The monoisotopic (exact) mass is 278 g/mol. The van der Waals surface area contributed by atoms with E-state index < -0.39 is 17.7 Å². The van der Waals surface area contributed by atoms with Crippen LogP contribution in [0.25, 0.3) is 0 Å². The lowest BCUT2D eigenvalue weighted by Crippen LogP contribution is -2.14. The average molecular weight is 278 g/mol. The molecule has 0 heterocycles. The van der Waals surface area contributed by atoms with Gasteiger partial charge >= 0.3 is 0 Å². The minimum Gasteiger partial charge on any atom is -0.497 e. The van der Waals surface area contributed by atoms with Crippen LogP contribution >= 0.6 is 0 Å². The lowest BCUT2D eigenvalue weighted by molar-refractivity contribution is 0.175. The number of aliphatic hydroxyl groups excluding tert-OH is 1. The maximum atomic E-state index is 13.1. The summed E-state index contributed by atoms with van der Waals surface area (Å²) < 4.78 is 31.2. The van der Waals surface area contributed by atoms with Gasteiger partial charge in [-0.1, -0.05) is 12.1 Å². The highest BCUT2D eigenvalue weighted by molar-refractivity contribution is 5.29. The molecule has 106 valence electrons. The number of rotatable bonds is 5. The number of hydrogen-bond donors (Lipinski definition) is 1. The smallest absolute Gasteiger partial charge is 0.126 e. The molecule has 1 N–H and O–H groups in total. The topological polar surface area (TPSA) is 29.5 Å². The van der Waals surface area contributed by atoms with E-state index in [0.29, 0.717) is 17.7 Å². The van der Waals surface area contributed by atoms with E-state index in [2.05, 4.69) is 0 Å². The zero-order chi connectivity index (χ0) is 14.5. The van der Waals surface area contributed by atoms with Gasteiger partial charge in [0.1, 0.15) is 17.4 Å². The molecule has 2 aromatic carbocycles. The number of methoxy groups -OCH3 is 1. The van der Waals surface area contributed by atoms with E-state index in [1.165, 1.54) is 12.1 Å². The normalized spacial score (nSPS) is 12.2. The van der Waals surface area contributed by atoms with Gasteiger partial charge in [0.2, 0.25) is 0 Å². The molecule has 0 aliphatic heterocycles. The first-order valence-electron chi connectivity index (χ1n) is 6.33. The summed E-state index contributed by atoms with van der Waals surface area (Å²) in [7, 11) is 1.57. The first kappa shape index (κ1) is 14.5. The first-order valence-corrected chi connectivity index (χ1v) is 6.33. The van der Waals surface area contributed by atoms with Crippen molar-refractivity contribution < 1.29 is 18.6 Å². The molecule has 0 aliphatic rings. The van der Waals surface area contributed by atoms with Gasteiger partial charge in [-0.3, -0.25) is 0 Å². The van der Waals surface area contributed by atoms with Gasteiger partial charge < -0.3 is 9.84 Å². The van der Waals surface area contributed by atoms with Gasteiger partial charge in [-0.2, -0.15) is 0 Å². The third-order valence-corrected chi connectivity index (χ3v) is 3.00. The molecule has 0 aromatic heterocycles.